The summed E-state index contributed by atoms with van der Waals surface area (Å²) in [6.07, 6.45) is -1.54. The van der Waals surface area contributed by atoms with Crippen molar-refractivity contribution in [3.8, 4) is 0 Å². The molecule has 2 N–H and O–H groups in total. The molecule has 112 valence electrons. The molecule has 4 nitrogen and oxygen atoms in total. The van der Waals surface area contributed by atoms with Gasteiger partial charge in [-0.15, -0.1) is 0 Å². The van der Waals surface area contributed by atoms with Gasteiger partial charge in [-0.3, -0.25) is 15.0 Å². The van der Waals surface area contributed by atoms with Crippen LogP contribution >= 0.6 is 0 Å². The largest absolute Gasteiger partial charge is 0.480 e. The molecular formula is C12H21F3N2O2. The molecule has 0 aliphatic heterocycles. The van der Waals surface area contributed by atoms with Crippen LogP contribution < -0.4 is 5.32 Å². The van der Waals surface area contributed by atoms with Crippen molar-refractivity contribution in [2.75, 3.05) is 20.1 Å². The Morgan fingerprint density at radius 1 is 1.42 bits per heavy atom. The van der Waals surface area contributed by atoms with Gasteiger partial charge in [-0.05, 0) is 46.2 Å². The normalized spacial score (nSPS) is 19.5. The van der Waals surface area contributed by atoms with E-state index in [2.05, 4.69) is 5.32 Å². The van der Waals surface area contributed by atoms with Crippen molar-refractivity contribution < 1.29 is 23.1 Å². The van der Waals surface area contributed by atoms with Gasteiger partial charge in [0.1, 0.15) is 5.54 Å². The van der Waals surface area contributed by atoms with Gasteiger partial charge in [-0.1, -0.05) is 0 Å². The molecule has 7 heteroatoms. The summed E-state index contributed by atoms with van der Waals surface area (Å²) in [6, 6.07) is 0.244. The van der Waals surface area contributed by atoms with E-state index in [9.17, 15) is 23.1 Å². The molecule has 1 fully saturated rings. The molecule has 1 aliphatic carbocycles. The molecule has 0 spiro atoms. The lowest BCUT2D eigenvalue weighted by Gasteiger charge is -2.27. The van der Waals surface area contributed by atoms with Crippen LogP contribution in [0.25, 0.3) is 0 Å². The summed E-state index contributed by atoms with van der Waals surface area (Å²) >= 11 is 0. The van der Waals surface area contributed by atoms with Crippen LogP contribution in [0.15, 0.2) is 0 Å². The predicted octanol–water partition coefficient (Wildman–Crippen LogP) is 1.86. The maximum Gasteiger partial charge on any atom is 0.401 e. The Hall–Kier alpha value is -0.820. The molecule has 0 aromatic carbocycles. The van der Waals surface area contributed by atoms with E-state index in [4.69, 9.17) is 0 Å². The molecule has 0 amide bonds. The van der Waals surface area contributed by atoms with Gasteiger partial charge in [0.2, 0.25) is 0 Å². The molecule has 1 rings (SSSR count). The third kappa shape index (κ3) is 6.24. The van der Waals surface area contributed by atoms with Crippen molar-refractivity contribution in [2.45, 2.75) is 50.4 Å². The van der Waals surface area contributed by atoms with Crippen LogP contribution in [-0.2, 0) is 4.79 Å². The third-order valence-corrected chi connectivity index (χ3v) is 3.24. The molecule has 0 saturated heterocycles. The molecule has 0 bridgehead atoms. The van der Waals surface area contributed by atoms with Gasteiger partial charge in [0.15, 0.2) is 0 Å². The van der Waals surface area contributed by atoms with Crippen LogP contribution in [0.2, 0.25) is 0 Å². The van der Waals surface area contributed by atoms with Crippen molar-refractivity contribution in [3.63, 3.8) is 0 Å². The number of aliphatic carboxylic acids is 1. The number of carbonyl (C=O) groups is 1. The van der Waals surface area contributed by atoms with Crippen molar-refractivity contribution in [1.29, 1.82) is 0 Å². The van der Waals surface area contributed by atoms with Crippen LogP contribution in [-0.4, -0.2) is 53.9 Å². The van der Waals surface area contributed by atoms with Gasteiger partial charge >= 0.3 is 12.1 Å². The SMILES string of the molecule is CN(CCCC(C)(NC1CC1)C(=O)O)CC(F)(F)F. The second-order valence-electron chi connectivity index (χ2n) is 5.51. The number of alkyl halides is 3. The average molecular weight is 282 g/mol. The molecule has 1 saturated carbocycles. The first kappa shape index (κ1) is 16.2. The van der Waals surface area contributed by atoms with Gasteiger partial charge in [0.25, 0.3) is 0 Å². The minimum atomic E-state index is -4.21. The first-order valence-corrected chi connectivity index (χ1v) is 6.39. The molecule has 1 atom stereocenters. The van der Waals surface area contributed by atoms with Gasteiger partial charge in [0, 0.05) is 6.04 Å². The van der Waals surface area contributed by atoms with Crippen LogP contribution in [0.3, 0.4) is 0 Å². The molecule has 0 heterocycles. The second-order valence-corrected chi connectivity index (χ2v) is 5.51. The lowest BCUT2D eigenvalue weighted by Crippen LogP contribution is -2.50. The summed E-state index contributed by atoms with van der Waals surface area (Å²) in [5.41, 5.74) is -1.04. The first-order valence-electron chi connectivity index (χ1n) is 6.39. The second kappa shape index (κ2) is 6.09. The van der Waals surface area contributed by atoms with Crippen molar-refractivity contribution >= 4 is 5.97 Å². The lowest BCUT2D eigenvalue weighted by molar-refractivity contribution is -0.146. The van der Waals surface area contributed by atoms with E-state index >= 15 is 0 Å². The number of rotatable bonds is 8. The molecule has 0 aromatic rings. The van der Waals surface area contributed by atoms with Crippen LogP contribution in [0.1, 0.15) is 32.6 Å². The topological polar surface area (TPSA) is 52.6 Å². The summed E-state index contributed by atoms with van der Waals surface area (Å²) < 4.78 is 36.4. The molecule has 19 heavy (non-hydrogen) atoms. The molecule has 1 unspecified atom stereocenters. The number of carboxylic acids is 1. The molecule has 0 aromatic heterocycles. The number of nitrogens with one attached hydrogen (secondary N) is 1. The smallest absolute Gasteiger partial charge is 0.401 e. The fraction of sp³-hybridized carbons (Fsp3) is 0.917. The number of halogens is 3. The average Bonchev–Trinajstić information content (AvgIpc) is 2.98. The van der Waals surface area contributed by atoms with Gasteiger partial charge in [-0.25, -0.2) is 0 Å². The third-order valence-electron chi connectivity index (χ3n) is 3.24. The minimum Gasteiger partial charge on any atom is -0.480 e. The van der Waals surface area contributed by atoms with Crippen molar-refractivity contribution in [2.24, 2.45) is 0 Å². The zero-order valence-corrected chi connectivity index (χ0v) is 11.3. The Balaban J connectivity index is 2.33. The highest BCUT2D eigenvalue weighted by Crippen LogP contribution is 2.25. The molecular weight excluding hydrogens is 261 g/mol. The van der Waals surface area contributed by atoms with E-state index in [1.54, 1.807) is 6.92 Å². The molecule has 0 radical (unpaired) electrons. The summed E-state index contributed by atoms with van der Waals surface area (Å²) in [5, 5.41) is 12.3. The monoisotopic (exact) mass is 282 g/mol. The van der Waals surface area contributed by atoms with Gasteiger partial charge < -0.3 is 5.11 Å². The van der Waals surface area contributed by atoms with Gasteiger partial charge in [-0.2, -0.15) is 13.2 Å². The van der Waals surface area contributed by atoms with E-state index in [1.807, 2.05) is 0 Å². The van der Waals surface area contributed by atoms with E-state index in [1.165, 1.54) is 11.9 Å². The number of carboxylic acid groups (broad SMARTS) is 1. The van der Waals surface area contributed by atoms with Crippen molar-refractivity contribution in [1.82, 2.24) is 10.2 Å². The van der Waals surface area contributed by atoms with E-state index < -0.39 is 24.2 Å². The van der Waals surface area contributed by atoms with Crippen LogP contribution in [0.4, 0.5) is 13.2 Å². The number of nitrogens with zero attached hydrogens (tertiary/aromatic N) is 1. The summed E-state index contributed by atoms with van der Waals surface area (Å²) in [6.45, 7) is 0.860. The first-order chi connectivity index (χ1) is 8.62. The number of hydrogen-bond acceptors (Lipinski definition) is 3. The van der Waals surface area contributed by atoms with E-state index in [0.717, 1.165) is 12.8 Å². The van der Waals surface area contributed by atoms with E-state index in [-0.39, 0.29) is 12.6 Å². The highest BCUT2D eigenvalue weighted by molar-refractivity contribution is 5.78. The Bertz CT molecular complexity index is 319. The standard InChI is InChI=1S/C12H21F3N2O2/c1-11(10(18)19,16-9-4-5-9)6-3-7-17(2)8-12(13,14)15/h9,16H,3-8H2,1-2H3,(H,18,19). The predicted molar refractivity (Wildman–Crippen MR) is 65.0 cm³/mol. The minimum absolute atomic E-state index is 0.231. The summed E-state index contributed by atoms with van der Waals surface area (Å²) in [7, 11) is 1.39. The Morgan fingerprint density at radius 2 is 2.00 bits per heavy atom. The van der Waals surface area contributed by atoms with E-state index in [0.29, 0.717) is 12.8 Å². The Morgan fingerprint density at radius 3 is 2.42 bits per heavy atom. The fourth-order valence-corrected chi connectivity index (χ4v) is 2.01. The van der Waals surface area contributed by atoms with Crippen LogP contribution in [0, 0.1) is 0 Å². The summed E-state index contributed by atoms with van der Waals surface area (Å²) in [5.74, 6) is -0.946. The van der Waals surface area contributed by atoms with Gasteiger partial charge in [0.05, 0.1) is 6.54 Å². The summed E-state index contributed by atoms with van der Waals surface area (Å²) in [4.78, 5) is 12.4. The Kier molecular flexibility index (Phi) is 5.20. The highest BCUT2D eigenvalue weighted by Gasteiger charge is 2.38. The lowest BCUT2D eigenvalue weighted by atomic mass is 9.95. The van der Waals surface area contributed by atoms with Crippen molar-refractivity contribution in [3.05, 3.63) is 0 Å². The fourth-order valence-electron chi connectivity index (χ4n) is 2.01. The molecule has 1 aliphatic rings. The quantitative estimate of drug-likeness (QED) is 0.713. The highest BCUT2D eigenvalue weighted by atomic mass is 19.4. The van der Waals surface area contributed by atoms with Crippen LogP contribution in [0.5, 0.6) is 0 Å². The maximum atomic E-state index is 12.1. The Labute approximate surface area is 111 Å². The zero-order valence-electron chi connectivity index (χ0n) is 11.3. The number of hydrogen-bond donors (Lipinski definition) is 2. The zero-order chi connectivity index (χ0) is 14.7. The maximum absolute atomic E-state index is 12.1.